The van der Waals surface area contributed by atoms with Gasteiger partial charge in [-0.2, -0.15) is 0 Å². The van der Waals surface area contributed by atoms with E-state index < -0.39 is 0 Å². The molecule has 13 heavy (non-hydrogen) atoms. The number of methoxy groups -OCH3 is 2. The zero-order valence-corrected chi connectivity index (χ0v) is 9.72. The third-order valence-corrected chi connectivity index (χ3v) is 2.60. The Morgan fingerprint density at radius 1 is 1.08 bits per heavy atom. The summed E-state index contributed by atoms with van der Waals surface area (Å²) >= 11 is 0. The van der Waals surface area contributed by atoms with Gasteiger partial charge in [0.2, 0.25) is 0 Å². The van der Waals surface area contributed by atoms with Crippen LogP contribution in [0.5, 0.6) is 0 Å². The molecule has 0 N–H and O–H groups in total. The fourth-order valence-corrected chi connectivity index (χ4v) is 1.56. The predicted octanol–water partition coefficient (Wildman–Crippen LogP) is 2.72. The first-order valence-corrected chi connectivity index (χ1v) is 5.03. The van der Waals surface area contributed by atoms with E-state index in [-0.39, 0.29) is 0 Å². The fourth-order valence-electron chi connectivity index (χ4n) is 1.56. The van der Waals surface area contributed by atoms with E-state index in [4.69, 9.17) is 9.47 Å². The minimum absolute atomic E-state index is 0.404. The Hall–Kier alpha value is -0.0800. The zero-order valence-electron chi connectivity index (χ0n) is 9.72. The lowest BCUT2D eigenvalue weighted by Crippen LogP contribution is -2.22. The SMILES string of the molecule is CCC(C)(C)CC(COC)COC. The molecular formula is C11H24O2. The van der Waals surface area contributed by atoms with Gasteiger partial charge >= 0.3 is 0 Å². The van der Waals surface area contributed by atoms with E-state index in [9.17, 15) is 0 Å². The average molecular weight is 188 g/mol. The summed E-state index contributed by atoms with van der Waals surface area (Å²) in [5.41, 5.74) is 0.404. The minimum atomic E-state index is 0.404. The van der Waals surface area contributed by atoms with Crippen LogP contribution in [0.3, 0.4) is 0 Å². The van der Waals surface area contributed by atoms with Gasteiger partial charge in [-0.05, 0) is 11.8 Å². The van der Waals surface area contributed by atoms with Crippen molar-refractivity contribution >= 4 is 0 Å². The van der Waals surface area contributed by atoms with E-state index in [1.807, 2.05) is 0 Å². The number of hydrogen-bond acceptors (Lipinski definition) is 2. The molecule has 0 fully saturated rings. The van der Waals surface area contributed by atoms with Gasteiger partial charge in [-0.3, -0.25) is 0 Å². The van der Waals surface area contributed by atoms with Crippen LogP contribution in [0.1, 0.15) is 33.6 Å². The molecule has 0 saturated carbocycles. The Balaban J connectivity index is 3.92. The molecule has 2 heteroatoms. The molecule has 0 aromatic rings. The molecule has 0 unspecified atom stereocenters. The number of hydrogen-bond donors (Lipinski definition) is 0. The zero-order chi connectivity index (χ0) is 10.3. The maximum Gasteiger partial charge on any atom is 0.0512 e. The van der Waals surface area contributed by atoms with Crippen molar-refractivity contribution in [2.24, 2.45) is 11.3 Å². The van der Waals surface area contributed by atoms with Crippen LogP contribution < -0.4 is 0 Å². The summed E-state index contributed by atoms with van der Waals surface area (Å²) in [6, 6.07) is 0. The Morgan fingerprint density at radius 3 is 1.85 bits per heavy atom. The predicted molar refractivity (Wildman–Crippen MR) is 55.9 cm³/mol. The molecule has 0 bridgehead atoms. The first-order chi connectivity index (χ1) is 6.05. The molecule has 0 spiro atoms. The highest BCUT2D eigenvalue weighted by Crippen LogP contribution is 2.29. The second-order valence-electron chi connectivity index (χ2n) is 4.50. The van der Waals surface area contributed by atoms with Gasteiger partial charge in [-0.15, -0.1) is 0 Å². The molecular weight excluding hydrogens is 164 g/mol. The highest BCUT2D eigenvalue weighted by atomic mass is 16.5. The highest BCUT2D eigenvalue weighted by molar-refractivity contribution is 4.71. The summed E-state index contributed by atoms with van der Waals surface area (Å²) in [6.07, 6.45) is 2.38. The van der Waals surface area contributed by atoms with Gasteiger partial charge in [-0.1, -0.05) is 27.2 Å². The van der Waals surface area contributed by atoms with Gasteiger partial charge in [0, 0.05) is 20.1 Å². The van der Waals surface area contributed by atoms with Crippen molar-refractivity contribution in [3.05, 3.63) is 0 Å². The van der Waals surface area contributed by atoms with E-state index in [0.29, 0.717) is 11.3 Å². The second kappa shape index (κ2) is 6.39. The molecule has 0 aromatic heterocycles. The van der Waals surface area contributed by atoms with Crippen molar-refractivity contribution in [3.63, 3.8) is 0 Å². The highest BCUT2D eigenvalue weighted by Gasteiger charge is 2.21. The van der Waals surface area contributed by atoms with Gasteiger partial charge in [0.1, 0.15) is 0 Å². The molecule has 0 aliphatic heterocycles. The van der Waals surface area contributed by atoms with Gasteiger partial charge < -0.3 is 9.47 Å². The molecule has 80 valence electrons. The summed E-state index contributed by atoms with van der Waals surface area (Å²) in [5.74, 6) is 0.532. The van der Waals surface area contributed by atoms with Crippen LogP contribution in [0.2, 0.25) is 0 Å². The van der Waals surface area contributed by atoms with Crippen molar-refractivity contribution in [3.8, 4) is 0 Å². The van der Waals surface area contributed by atoms with Gasteiger partial charge in [0.15, 0.2) is 0 Å². The summed E-state index contributed by atoms with van der Waals surface area (Å²) in [5, 5.41) is 0. The van der Waals surface area contributed by atoms with Gasteiger partial charge in [0.05, 0.1) is 13.2 Å². The third kappa shape index (κ3) is 6.05. The lowest BCUT2D eigenvalue weighted by molar-refractivity contribution is 0.0592. The summed E-state index contributed by atoms with van der Waals surface area (Å²) in [4.78, 5) is 0. The molecule has 2 nitrogen and oxygen atoms in total. The Kier molecular flexibility index (Phi) is 6.35. The topological polar surface area (TPSA) is 18.5 Å². The molecule has 0 atom stereocenters. The van der Waals surface area contributed by atoms with Gasteiger partial charge in [-0.25, -0.2) is 0 Å². The molecule has 0 radical (unpaired) electrons. The van der Waals surface area contributed by atoms with Crippen molar-refractivity contribution in [1.29, 1.82) is 0 Å². The van der Waals surface area contributed by atoms with Crippen LogP contribution in [0.15, 0.2) is 0 Å². The largest absolute Gasteiger partial charge is 0.384 e. The van der Waals surface area contributed by atoms with Crippen LogP contribution in [0.25, 0.3) is 0 Å². The van der Waals surface area contributed by atoms with Crippen LogP contribution in [0.4, 0.5) is 0 Å². The minimum Gasteiger partial charge on any atom is -0.384 e. The Morgan fingerprint density at radius 2 is 1.54 bits per heavy atom. The first-order valence-electron chi connectivity index (χ1n) is 5.03. The molecule has 0 aromatic carbocycles. The van der Waals surface area contributed by atoms with Crippen molar-refractivity contribution in [2.75, 3.05) is 27.4 Å². The quantitative estimate of drug-likeness (QED) is 0.611. The molecule has 0 aliphatic rings. The fraction of sp³-hybridized carbons (Fsp3) is 1.00. The standard InChI is InChI=1S/C11H24O2/c1-6-11(2,3)7-10(8-12-4)9-13-5/h10H,6-9H2,1-5H3. The van der Waals surface area contributed by atoms with Crippen molar-refractivity contribution in [2.45, 2.75) is 33.6 Å². The number of ether oxygens (including phenoxy) is 2. The maximum atomic E-state index is 5.17. The summed E-state index contributed by atoms with van der Waals surface area (Å²) < 4.78 is 10.3. The molecule has 0 rings (SSSR count). The van der Waals surface area contributed by atoms with Crippen LogP contribution >= 0.6 is 0 Å². The molecule has 0 amide bonds. The third-order valence-electron chi connectivity index (χ3n) is 2.60. The van der Waals surface area contributed by atoms with Gasteiger partial charge in [0.25, 0.3) is 0 Å². The second-order valence-corrected chi connectivity index (χ2v) is 4.50. The smallest absolute Gasteiger partial charge is 0.0512 e. The summed E-state index contributed by atoms with van der Waals surface area (Å²) in [6.45, 7) is 8.43. The number of rotatable bonds is 7. The van der Waals surface area contributed by atoms with E-state index in [1.54, 1.807) is 14.2 Å². The molecule has 0 aliphatic carbocycles. The molecule has 0 heterocycles. The Bertz CT molecular complexity index is 115. The van der Waals surface area contributed by atoms with E-state index in [1.165, 1.54) is 12.8 Å². The van der Waals surface area contributed by atoms with Crippen LogP contribution in [-0.4, -0.2) is 27.4 Å². The lowest BCUT2D eigenvalue weighted by Gasteiger charge is -2.27. The first kappa shape index (κ1) is 12.9. The van der Waals surface area contributed by atoms with E-state index in [0.717, 1.165) is 13.2 Å². The summed E-state index contributed by atoms with van der Waals surface area (Å²) in [7, 11) is 3.50. The van der Waals surface area contributed by atoms with E-state index >= 15 is 0 Å². The van der Waals surface area contributed by atoms with Crippen molar-refractivity contribution < 1.29 is 9.47 Å². The van der Waals surface area contributed by atoms with Crippen LogP contribution in [0, 0.1) is 11.3 Å². The average Bonchev–Trinajstić information content (AvgIpc) is 2.05. The lowest BCUT2D eigenvalue weighted by atomic mass is 9.81. The van der Waals surface area contributed by atoms with Crippen molar-refractivity contribution in [1.82, 2.24) is 0 Å². The van der Waals surface area contributed by atoms with E-state index in [2.05, 4.69) is 20.8 Å². The monoisotopic (exact) mass is 188 g/mol. The van der Waals surface area contributed by atoms with Crippen LogP contribution in [-0.2, 0) is 9.47 Å². The maximum absolute atomic E-state index is 5.17. The molecule has 0 saturated heterocycles. The normalized spacial score (nSPS) is 12.5. The Labute approximate surface area is 82.6 Å².